The molecule has 22 heavy (non-hydrogen) atoms. The van der Waals surface area contributed by atoms with Crippen LogP contribution in [0.15, 0.2) is 47.4 Å². The first kappa shape index (κ1) is 16.0. The summed E-state index contributed by atoms with van der Waals surface area (Å²) >= 11 is 0. The number of sulfonamides is 1. The predicted octanol–water partition coefficient (Wildman–Crippen LogP) is 2.46. The molecule has 1 amide bonds. The molecule has 0 saturated carbocycles. The Labute approximate surface area is 130 Å². The third-order valence-electron chi connectivity index (χ3n) is 3.26. The normalized spacial score (nSPS) is 11.0. The lowest BCUT2D eigenvalue weighted by Gasteiger charge is -2.11. The minimum absolute atomic E-state index is 0.219. The van der Waals surface area contributed by atoms with Crippen molar-refractivity contribution in [1.82, 2.24) is 5.32 Å². The molecule has 0 spiro atoms. The molecular weight excluding hydrogens is 300 g/mol. The second kappa shape index (κ2) is 6.19. The maximum absolute atomic E-state index is 12.5. The van der Waals surface area contributed by atoms with Gasteiger partial charge >= 0.3 is 0 Å². The summed E-state index contributed by atoms with van der Waals surface area (Å²) in [5, 5.41) is 2.51. The van der Waals surface area contributed by atoms with Gasteiger partial charge in [0.1, 0.15) is 0 Å². The third-order valence-corrected chi connectivity index (χ3v) is 4.78. The highest BCUT2D eigenvalue weighted by Gasteiger charge is 2.17. The number of aryl methyl sites for hydroxylation is 2. The van der Waals surface area contributed by atoms with Crippen molar-refractivity contribution in [2.45, 2.75) is 18.7 Å². The SMILES string of the molecule is CNC(=O)c1ccc(NS(=O)(=O)c2cc(C)ccc2C)cc1. The van der Waals surface area contributed by atoms with Gasteiger partial charge in [0.25, 0.3) is 15.9 Å². The molecule has 2 N–H and O–H groups in total. The van der Waals surface area contributed by atoms with E-state index >= 15 is 0 Å². The molecule has 0 aliphatic carbocycles. The van der Waals surface area contributed by atoms with Gasteiger partial charge in [-0.1, -0.05) is 12.1 Å². The molecule has 0 saturated heterocycles. The van der Waals surface area contributed by atoms with E-state index < -0.39 is 10.0 Å². The summed E-state index contributed by atoms with van der Waals surface area (Å²) in [6, 6.07) is 11.5. The average molecular weight is 318 g/mol. The van der Waals surface area contributed by atoms with Crippen LogP contribution in [0.1, 0.15) is 21.5 Å². The van der Waals surface area contributed by atoms with Gasteiger partial charge in [0, 0.05) is 18.3 Å². The Balaban J connectivity index is 2.29. The topological polar surface area (TPSA) is 75.3 Å². The van der Waals surface area contributed by atoms with E-state index in [1.54, 1.807) is 50.4 Å². The van der Waals surface area contributed by atoms with Crippen LogP contribution in [-0.2, 0) is 10.0 Å². The van der Waals surface area contributed by atoms with Crippen molar-refractivity contribution < 1.29 is 13.2 Å². The van der Waals surface area contributed by atoms with Crippen LogP contribution in [0.5, 0.6) is 0 Å². The van der Waals surface area contributed by atoms with Gasteiger partial charge in [-0.2, -0.15) is 0 Å². The van der Waals surface area contributed by atoms with Crippen LogP contribution in [0.3, 0.4) is 0 Å². The predicted molar refractivity (Wildman–Crippen MR) is 86.6 cm³/mol. The Bertz CT molecular complexity index is 797. The van der Waals surface area contributed by atoms with Crippen LogP contribution in [0.25, 0.3) is 0 Å². The van der Waals surface area contributed by atoms with Gasteiger partial charge in [0.2, 0.25) is 0 Å². The fourth-order valence-electron chi connectivity index (χ4n) is 2.04. The Morgan fingerprint density at radius 1 is 1.00 bits per heavy atom. The molecule has 0 fully saturated rings. The minimum atomic E-state index is -3.66. The van der Waals surface area contributed by atoms with Crippen molar-refractivity contribution in [3.63, 3.8) is 0 Å². The molecule has 6 heteroatoms. The van der Waals surface area contributed by atoms with Crippen LogP contribution in [-0.4, -0.2) is 21.4 Å². The average Bonchev–Trinajstić information content (AvgIpc) is 2.49. The number of benzene rings is 2. The third kappa shape index (κ3) is 3.46. The summed E-state index contributed by atoms with van der Waals surface area (Å²) in [6.45, 7) is 3.60. The van der Waals surface area contributed by atoms with Crippen LogP contribution in [0.2, 0.25) is 0 Å². The molecule has 0 heterocycles. The van der Waals surface area contributed by atoms with Gasteiger partial charge in [-0.05, 0) is 55.3 Å². The smallest absolute Gasteiger partial charge is 0.262 e. The lowest BCUT2D eigenvalue weighted by molar-refractivity contribution is 0.0963. The minimum Gasteiger partial charge on any atom is -0.355 e. The summed E-state index contributed by atoms with van der Waals surface area (Å²) in [5.74, 6) is -0.219. The van der Waals surface area contributed by atoms with E-state index in [-0.39, 0.29) is 10.8 Å². The van der Waals surface area contributed by atoms with Crippen molar-refractivity contribution in [3.8, 4) is 0 Å². The van der Waals surface area contributed by atoms with Crippen LogP contribution < -0.4 is 10.0 Å². The molecule has 2 aromatic rings. The fourth-order valence-corrected chi connectivity index (χ4v) is 3.43. The summed E-state index contributed by atoms with van der Waals surface area (Å²) in [4.78, 5) is 11.7. The van der Waals surface area contributed by atoms with E-state index in [0.29, 0.717) is 16.8 Å². The highest BCUT2D eigenvalue weighted by molar-refractivity contribution is 7.92. The zero-order valence-corrected chi connectivity index (χ0v) is 13.5. The largest absolute Gasteiger partial charge is 0.355 e. The van der Waals surface area contributed by atoms with E-state index in [2.05, 4.69) is 10.0 Å². The first-order valence-corrected chi connectivity index (χ1v) is 8.24. The molecule has 0 atom stereocenters. The molecule has 0 radical (unpaired) electrons. The van der Waals surface area contributed by atoms with E-state index in [1.807, 2.05) is 13.0 Å². The second-order valence-electron chi connectivity index (χ2n) is 5.03. The summed E-state index contributed by atoms with van der Waals surface area (Å²) in [7, 11) is -2.11. The number of hydrogen-bond acceptors (Lipinski definition) is 3. The first-order chi connectivity index (χ1) is 10.3. The molecule has 2 rings (SSSR count). The van der Waals surface area contributed by atoms with Crippen LogP contribution in [0.4, 0.5) is 5.69 Å². The summed E-state index contributed by atoms with van der Waals surface area (Å²) in [6.07, 6.45) is 0. The monoisotopic (exact) mass is 318 g/mol. The lowest BCUT2D eigenvalue weighted by Crippen LogP contribution is -2.18. The number of anilines is 1. The Hall–Kier alpha value is -2.34. The van der Waals surface area contributed by atoms with E-state index in [1.165, 1.54) is 0 Å². The maximum Gasteiger partial charge on any atom is 0.262 e. The second-order valence-corrected chi connectivity index (χ2v) is 6.68. The maximum atomic E-state index is 12.5. The van der Waals surface area contributed by atoms with Gasteiger partial charge in [-0.25, -0.2) is 8.42 Å². The highest BCUT2D eigenvalue weighted by Crippen LogP contribution is 2.20. The molecule has 116 valence electrons. The standard InChI is InChI=1S/C16H18N2O3S/c1-11-4-5-12(2)15(10-11)22(20,21)18-14-8-6-13(7-9-14)16(19)17-3/h4-10,18H,1-3H3,(H,17,19). The van der Waals surface area contributed by atoms with Gasteiger partial charge in [0.15, 0.2) is 0 Å². The number of carbonyl (C=O) groups is 1. The van der Waals surface area contributed by atoms with Crippen molar-refractivity contribution in [1.29, 1.82) is 0 Å². The van der Waals surface area contributed by atoms with Crippen molar-refractivity contribution in [2.75, 3.05) is 11.8 Å². The first-order valence-electron chi connectivity index (χ1n) is 6.76. The van der Waals surface area contributed by atoms with Crippen molar-refractivity contribution >= 4 is 21.6 Å². The number of nitrogens with one attached hydrogen (secondary N) is 2. The lowest BCUT2D eigenvalue weighted by atomic mass is 10.2. The molecule has 2 aromatic carbocycles. The Morgan fingerprint density at radius 2 is 1.64 bits per heavy atom. The van der Waals surface area contributed by atoms with Gasteiger partial charge in [0.05, 0.1) is 4.90 Å². The molecule has 0 aliphatic heterocycles. The van der Waals surface area contributed by atoms with Crippen molar-refractivity contribution in [3.05, 3.63) is 59.2 Å². The molecule has 0 unspecified atom stereocenters. The van der Waals surface area contributed by atoms with E-state index in [4.69, 9.17) is 0 Å². The van der Waals surface area contributed by atoms with Gasteiger partial charge in [-0.15, -0.1) is 0 Å². The highest BCUT2D eigenvalue weighted by atomic mass is 32.2. The zero-order valence-electron chi connectivity index (χ0n) is 12.7. The number of hydrogen-bond donors (Lipinski definition) is 2. The number of amides is 1. The van der Waals surface area contributed by atoms with Gasteiger partial charge in [-0.3, -0.25) is 9.52 Å². The van der Waals surface area contributed by atoms with Crippen molar-refractivity contribution in [2.24, 2.45) is 0 Å². The molecule has 0 bridgehead atoms. The Morgan fingerprint density at radius 3 is 2.23 bits per heavy atom. The molecule has 0 aliphatic rings. The summed E-state index contributed by atoms with van der Waals surface area (Å²) < 4.78 is 27.4. The molecule has 0 aromatic heterocycles. The van der Waals surface area contributed by atoms with Crippen LogP contribution in [0, 0.1) is 13.8 Å². The van der Waals surface area contributed by atoms with Gasteiger partial charge < -0.3 is 5.32 Å². The van der Waals surface area contributed by atoms with E-state index in [0.717, 1.165) is 5.56 Å². The fraction of sp³-hybridized carbons (Fsp3) is 0.188. The quantitative estimate of drug-likeness (QED) is 0.909. The molecule has 5 nitrogen and oxygen atoms in total. The zero-order chi connectivity index (χ0) is 16.3. The Kier molecular flexibility index (Phi) is 4.51. The number of carbonyl (C=O) groups excluding carboxylic acids is 1. The van der Waals surface area contributed by atoms with Crippen LogP contribution >= 0.6 is 0 Å². The molecular formula is C16H18N2O3S. The number of rotatable bonds is 4. The summed E-state index contributed by atoms with van der Waals surface area (Å²) in [5.41, 5.74) is 2.44. The van der Waals surface area contributed by atoms with E-state index in [9.17, 15) is 13.2 Å².